The quantitative estimate of drug-likeness (QED) is 0.782. The maximum Gasteiger partial charge on any atom is 0.119 e. The maximum absolute atomic E-state index is 8.90. The van der Waals surface area contributed by atoms with Crippen LogP contribution in [0.5, 0.6) is 5.75 Å². The van der Waals surface area contributed by atoms with E-state index in [9.17, 15) is 0 Å². The fourth-order valence-corrected chi connectivity index (χ4v) is 1.57. The van der Waals surface area contributed by atoms with Gasteiger partial charge in [-0.2, -0.15) is 0 Å². The van der Waals surface area contributed by atoms with Crippen molar-refractivity contribution in [2.45, 2.75) is 26.0 Å². The Hall–Kier alpha value is -1.26. The van der Waals surface area contributed by atoms with Crippen LogP contribution in [0.25, 0.3) is 0 Å². The van der Waals surface area contributed by atoms with Crippen LogP contribution in [-0.4, -0.2) is 37.5 Å². The number of nitrogens with zero attached hydrogens (tertiary/aromatic N) is 1. The van der Waals surface area contributed by atoms with Gasteiger partial charge >= 0.3 is 0 Å². The van der Waals surface area contributed by atoms with Crippen molar-refractivity contribution in [3.8, 4) is 5.75 Å². The molecule has 0 saturated heterocycles. The van der Waals surface area contributed by atoms with Gasteiger partial charge in [0, 0.05) is 25.3 Å². The van der Waals surface area contributed by atoms with Gasteiger partial charge in [-0.3, -0.25) is 0 Å². The Morgan fingerprint density at radius 1 is 1.29 bits per heavy atom. The Kier molecular flexibility index (Phi) is 5.25. The summed E-state index contributed by atoms with van der Waals surface area (Å²) in [5.74, 6) is 0.864. The van der Waals surface area contributed by atoms with E-state index >= 15 is 0 Å². The molecule has 0 aliphatic rings. The van der Waals surface area contributed by atoms with E-state index < -0.39 is 0 Å². The Balaban J connectivity index is 2.60. The third kappa shape index (κ3) is 4.63. The predicted octanol–water partition coefficient (Wildman–Crippen LogP) is 1.23. The van der Waals surface area contributed by atoms with E-state index in [0.29, 0.717) is 6.54 Å². The minimum absolute atomic E-state index is 0.00111. The molecule has 4 heteroatoms. The summed E-state index contributed by atoms with van der Waals surface area (Å²) in [7, 11) is 1.95. The molecule has 4 nitrogen and oxygen atoms in total. The fraction of sp³-hybridized carbons (Fsp3) is 0.538. The van der Waals surface area contributed by atoms with Gasteiger partial charge in [-0.15, -0.1) is 0 Å². The lowest BCUT2D eigenvalue weighted by atomic mass is 10.2. The summed E-state index contributed by atoms with van der Waals surface area (Å²) in [6, 6.07) is 7.64. The molecule has 3 N–H and O–H groups in total. The number of rotatable bonds is 6. The van der Waals surface area contributed by atoms with E-state index in [1.54, 1.807) is 0 Å². The molecule has 1 rings (SSSR count). The highest BCUT2D eigenvalue weighted by molar-refractivity contribution is 5.48. The number of ether oxygens (including phenoxy) is 1. The highest BCUT2D eigenvalue weighted by Crippen LogP contribution is 2.19. The number of anilines is 1. The van der Waals surface area contributed by atoms with Crippen molar-refractivity contribution in [3.63, 3.8) is 0 Å². The first-order valence-electron chi connectivity index (χ1n) is 5.87. The molecule has 0 aliphatic carbocycles. The molecule has 0 aromatic heterocycles. The molecular formula is C13H22N2O2. The smallest absolute Gasteiger partial charge is 0.119 e. The molecule has 17 heavy (non-hydrogen) atoms. The first-order chi connectivity index (χ1) is 8.02. The third-order valence-electron chi connectivity index (χ3n) is 2.39. The topological polar surface area (TPSA) is 58.7 Å². The second kappa shape index (κ2) is 6.47. The number of benzene rings is 1. The largest absolute Gasteiger partial charge is 0.491 e. The highest BCUT2D eigenvalue weighted by Gasteiger charge is 2.06. The lowest BCUT2D eigenvalue weighted by Crippen LogP contribution is -2.37. The first kappa shape index (κ1) is 13.8. The third-order valence-corrected chi connectivity index (χ3v) is 2.39. The van der Waals surface area contributed by atoms with Gasteiger partial charge in [0.1, 0.15) is 5.75 Å². The molecular weight excluding hydrogens is 216 g/mol. The molecule has 0 radical (unpaired) electrons. The van der Waals surface area contributed by atoms with Gasteiger partial charge < -0.3 is 20.5 Å². The van der Waals surface area contributed by atoms with Crippen LogP contribution >= 0.6 is 0 Å². The van der Waals surface area contributed by atoms with Crippen LogP contribution in [0, 0.1) is 0 Å². The van der Waals surface area contributed by atoms with E-state index in [-0.39, 0.29) is 18.8 Å². The standard InChI is InChI=1S/C13H22N2O2/c1-10(2)17-13-6-4-12(5-7-13)15(3)8-11(14)9-16/h4-7,10-11,16H,8-9,14H2,1-3H3. The molecule has 0 heterocycles. The van der Waals surface area contributed by atoms with Gasteiger partial charge in [-0.05, 0) is 38.1 Å². The highest BCUT2D eigenvalue weighted by atomic mass is 16.5. The second-order valence-corrected chi connectivity index (χ2v) is 4.48. The summed E-state index contributed by atoms with van der Waals surface area (Å²) in [6.45, 7) is 4.63. The Bertz CT molecular complexity index is 325. The average Bonchev–Trinajstić information content (AvgIpc) is 2.28. The molecule has 1 aromatic rings. The van der Waals surface area contributed by atoms with Crippen LogP contribution in [-0.2, 0) is 0 Å². The van der Waals surface area contributed by atoms with Crippen LogP contribution in [0.4, 0.5) is 5.69 Å². The second-order valence-electron chi connectivity index (χ2n) is 4.48. The predicted molar refractivity (Wildman–Crippen MR) is 70.5 cm³/mol. The minimum Gasteiger partial charge on any atom is -0.491 e. The van der Waals surface area contributed by atoms with Gasteiger partial charge in [-0.1, -0.05) is 0 Å². The number of aliphatic hydroxyl groups is 1. The zero-order valence-corrected chi connectivity index (χ0v) is 10.8. The minimum atomic E-state index is -0.216. The molecule has 0 amide bonds. The zero-order valence-electron chi connectivity index (χ0n) is 10.8. The van der Waals surface area contributed by atoms with Crippen LogP contribution in [0.2, 0.25) is 0 Å². The fourth-order valence-electron chi connectivity index (χ4n) is 1.57. The van der Waals surface area contributed by atoms with Crippen LogP contribution in [0.15, 0.2) is 24.3 Å². The number of nitrogens with two attached hydrogens (primary N) is 1. The van der Waals surface area contributed by atoms with E-state index in [2.05, 4.69) is 0 Å². The molecule has 1 aromatic carbocycles. The normalized spacial score (nSPS) is 12.6. The molecule has 1 unspecified atom stereocenters. The monoisotopic (exact) mass is 238 g/mol. The van der Waals surface area contributed by atoms with Crippen LogP contribution in [0.1, 0.15) is 13.8 Å². The SMILES string of the molecule is CC(C)Oc1ccc(N(C)CC(N)CO)cc1. The van der Waals surface area contributed by atoms with Crippen molar-refractivity contribution < 1.29 is 9.84 Å². The van der Waals surface area contributed by atoms with E-state index in [1.807, 2.05) is 50.1 Å². The van der Waals surface area contributed by atoms with Crippen molar-refractivity contribution >= 4 is 5.69 Å². The van der Waals surface area contributed by atoms with E-state index in [0.717, 1.165) is 11.4 Å². The van der Waals surface area contributed by atoms with Crippen molar-refractivity contribution in [2.75, 3.05) is 25.1 Å². The summed E-state index contributed by atoms with van der Waals surface area (Å²) in [4.78, 5) is 2.01. The number of hydrogen-bond donors (Lipinski definition) is 2. The maximum atomic E-state index is 8.90. The molecule has 96 valence electrons. The lowest BCUT2D eigenvalue weighted by molar-refractivity contribution is 0.242. The molecule has 0 saturated carbocycles. The van der Waals surface area contributed by atoms with Gasteiger partial charge in [0.25, 0.3) is 0 Å². The van der Waals surface area contributed by atoms with E-state index in [4.69, 9.17) is 15.6 Å². The van der Waals surface area contributed by atoms with E-state index in [1.165, 1.54) is 0 Å². The molecule has 0 aliphatic heterocycles. The summed E-state index contributed by atoms with van der Waals surface area (Å²) in [5.41, 5.74) is 6.75. The van der Waals surface area contributed by atoms with Crippen molar-refractivity contribution in [2.24, 2.45) is 5.73 Å². The van der Waals surface area contributed by atoms with Crippen LogP contribution < -0.4 is 15.4 Å². The average molecular weight is 238 g/mol. The molecule has 0 spiro atoms. The summed E-state index contributed by atoms with van der Waals surface area (Å²) >= 11 is 0. The summed E-state index contributed by atoms with van der Waals surface area (Å²) in [5, 5.41) is 8.90. The molecule has 0 bridgehead atoms. The van der Waals surface area contributed by atoms with Crippen molar-refractivity contribution in [1.82, 2.24) is 0 Å². The Morgan fingerprint density at radius 3 is 2.35 bits per heavy atom. The Labute approximate surface area is 103 Å². The summed E-state index contributed by atoms with van der Waals surface area (Å²) in [6.07, 6.45) is 0.182. The first-order valence-corrected chi connectivity index (χ1v) is 5.87. The van der Waals surface area contributed by atoms with Crippen molar-refractivity contribution in [3.05, 3.63) is 24.3 Å². The number of hydrogen-bond acceptors (Lipinski definition) is 4. The van der Waals surface area contributed by atoms with Gasteiger partial charge in [-0.25, -0.2) is 0 Å². The number of likely N-dealkylation sites (N-methyl/N-ethyl adjacent to an activating group) is 1. The van der Waals surface area contributed by atoms with Gasteiger partial charge in [0.2, 0.25) is 0 Å². The zero-order chi connectivity index (χ0) is 12.8. The van der Waals surface area contributed by atoms with Crippen molar-refractivity contribution in [1.29, 1.82) is 0 Å². The number of aliphatic hydroxyl groups excluding tert-OH is 1. The van der Waals surface area contributed by atoms with Gasteiger partial charge in [0.05, 0.1) is 12.7 Å². The van der Waals surface area contributed by atoms with Crippen LogP contribution in [0.3, 0.4) is 0 Å². The molecule has 1 atom stereocenters. The lowest BCUT2D eigenvalue weighted by Gasteiger charge is -2.22. The summed E-state index contributed by atoms with van der Waals surface area (Å²) < 4.78 is 5.57. The Morgan fingerprint density at radius 2 is 1.88 bits per heavy atom. The molecule has 0 fully saturated rings. The van der Waals surface area contributed by atoms with Gasteiger partial charge in [0.15, 0.2) is 0 Å².